The second kappa shape index (κ2) is 7.42. The highest BCUT2D eigenvalue weighted by atomic mass is 16.5. The Morgan fingerprint density at radius 1 is 1.15 bits per heavy atom. The molecule has 2 rings (SSSR count). The van der Waals surface area contributed by atoms with E-state index in [2.05, 4.69) is 5.32 Å². The Morgan fingerprint density at radius 2 is 1.85 bits per heavy atom. The van der Waals surface area contributed by atoms with E-state index >= 15 is 0 Å². The predicted octanol–water partition coefficient (Wildman–Crippen LogP) is 0.760. The third-order valence-electron chi connectivity index (χ3n) is 3.80. The lowest BCUT2D eigenvalue weighted by molar-refractivity contribution is -0.146. The number of carbonyl (C=O) groups is 4. The smallest absolute Gasteiger partial charge is 0.326 e. The number of carbonyl (C=O) groups excluding carboxylic acids is 4. The number of nitrogens with one attached hydrogen (secondary N) is 1. The number of hydrogen-bond acceptors (Lipinski definition) is 7. The molecule has 140 valence electrons. The molecule has 1 N–H and O–H groups in total. The van der Waals surface area contributed by atoms with Crippen molar-refractivity contribution >= 4 is 23.7 Å². The van der Waals surface area contributed by atoms with E-state index in [0.717, 1.165) is 4.90 Å². The van der Waals surface area contributed by atoms with Crippen LogP contribution in [-0.2, 0) is 14.3 Å². The zero-order valence-corrected chi connectivity index (χ0v) is 15.0. The van der Waals surface area contributed by atoms with Gasteiger partial charge >= 0.3 is 12.0 Å². The summed E-state index contributed by atoms with van der Waals surface area (Å²) in [6.07, 6.45) is 0. The normalized spacial score (nSPS) is 15.5. The summed E-state index contributed by atoms with van der Waals surface area (Å²) in [7, 11) is 2.86. The van der Waals surface area contributed by atoms with Crippen LogP contribution < -0.4 is 14.8 Å². The van der Waals surface area contributed by atoms with Gasteiger partial charge in [0.25, 0.3) is 5.91 Å². The maximum absolute atomic E-state index is 12.3. The Morgan fingerprint density at radius 3 is 2.38 bits per heavy atom. The SMILES string of the molecule is COc1ccc(OC)c(C(=O)COC(=O)CN2C(=O)NC(C)(C)C2=O)c1. The van der Waals surface area contributed by atoms with Crippen LogP contribution in [0.5, 0.6) is 11.5 Å². The molecule has 0 unspecified atom stereocenters. The van der Waals surface area contributed by atoms with E-state index in [1.807, 2.05) is 0 Å². The molecule has 1 aliphatic rings. The van der Waals surface area contributed by atoms with E-state index in [-0.39, 0.29) is 5.56 Å². The predicted molar refractivity (Wildman–Crippen MR) is 89.2 cm³/mol. The van der Waals surface area contributed by atoms with Crippen molar-refractivity contribution in [3.05, 3.63) is 23.8 Å². The number of benzene rings is 1. The van der Waals surface area contributed by atoms with Crippen LogP contribution in [0.25, 0.3) is 0 Å². The second-order valence-corrected chi connectivity index (χ2v) is 6.10. The van der Waals surface area contributed by atoms with Gasteiger partial charge in [-0.05, 0) is 32.0 Å². The van der Waals surface area contributed by atoms with Gasteiger partial charge in [0.2, 0.25) is 5.78 Å². The molecular weight excluding hydrogens is 344 g/mol. The Hall–Kier alpha value is -3.10. The molecule has 1 saturated heterocycles. The lowest BCUT2D eigenvalue weighted by atomic mass is 10.1. The first-order valence-corrected chi connectivity index (χ1v) is 7.74. The van der Waals surface area contributed by atoms with Crippen molar-refractivity contribution in [1.82, 2.24) is 10.2 Å². The molecule has 0 spiro atoms. The average Bonchev–Trinajstić information content (AvgIpc) is 2.80. The van der Waals surface area contributed by atoms with Crippen molar-refractivity contribution in [2.45, 2.75) is 19.4 Å². The van der Waals surface area contributed by atoms with E-state index in [4.69, 9.17) is 14.2 Å². The fourth-order valence-electron chi connectivity index (χ4n) is 2.39. The highest BCUT2D eigenvalue weighted by Gasteiger charge is 2.45. The van der Waals surface area contributed by atoms with E-state index in [9.17, 15) is 19.2 Å². The average molecular weight is 364 g/mol. The van der Waals surface area contributed by atoms with Crippen LogP contribution in [0.15, 0.2) is 18.2 Å². The van der Waals surface area contributed by atoms with Crippen molar-refractivity contribution in [1.29, 1.82) is 0 Å². The Labute approximate surface area is 150 Å². The zero-order valence-electron chi connectivity index (χ0n) is 15.0. The molecule has 0 saturated carbocycles. The first-order valence-electron chi connectivity index (χ1n) is 7.74. The van der Waals surface area contributed by atoms with Gasteiger partial charge in [-0.25, -0.2) is 4.79 Å². The minimum Gasteiger partial charge on any atom is -0.497 e. The van der Waals surface area contributed by atoms with Crippen molar-refractivity contribution in [3.63, 3.8) is 0 Å². The lowest BCUT2D eigenvalue weighted by Gasteiger charge is -2.15. The Balaban J connectivity index is 1.99. The summed E-state index contributed by atoms with van der Waals surface area (Å²) in [6.45, 7) is 1.92. The maximum Gasteiger partial charge on any atom is 0.326 e. The summed E-state index contributed by atoms with van der Waals surface area (Å²) in [5.41, 5.74) is -0.892. The second-order valence-electron chi connectivity index (χ2n) is 6.10. The first kappa shape index (κ1) is 19.2. The van der Waals surface area contributed by atoms with Crippen LogP contribution in [0, 0.1) is 0 Å². The number of urea groups is 1. The number of Topliss-reactive ketones (excluding diaryl/α,β-unsaturated/α-hetero) is 1. The molecule has 26 heavy (non-hydrogen) atoms. The van der Waals surface area contributed by atoms with Crippen molar-refractivity contribution < 1.29 is 33.4 Å². The summed E-state index contributed by atoms with van der Waals surface area (Å²) in [4.78, 5) is 48.7. The van der Waals surface area contributed by atoms with Crippen LogP contribution in [0.3, 0.4) is 0 Å². The number of rotatable bonds is 7. The quantitative estimate of drug-likeness (QED) is 0.432. The standard InChI is InChI=1S/C17H20N2O7/c1-17(2)15(22)19(16(23)18-17)8-14(21)26-9-12(20)11-7-10(24-3)5-6-13(11)25-4/h5-7H,8-9H2,1-4H3,(H,18,23). The van der Waals surface area contributed by atoms with Gasteiger partial charge in [-0.15, -0.1) is 0 Å². The summed E-state index contributed by atoms with van der Waals surface area (Å²) < 4.78 is 15.1. The monoisotopic (exact) mass is 364 g/mol. The van der Waals surface area contributed by atoms with E-state index in [0.29, 0.717) is 11.5 Å². The largest absolute Gasteiger partial charge is 0.497 e. The molecule has 1 aliphatic heterocycles. The van der Waals surface area contributed by atoms with Crippen LogP contribution in [-0.4, -0.2) is 61.5 Å². The minimum absolute atomic E-state index is 0.191. The van der Waals surface area contributed by atoms with Crippen LogP contribution >= 0.6 is 0 Å². The molecule has 9 nitrogen and oxygen atoms in total. The molecule has 0 radical (unpaired) electrons. The topological polar surface area (TPSA) is 111 Å². The Kier molecular flexibility index (Phi) is 5.49. The number of methoxy groups -OCH3 is 2. The molecule has 3 amide bonds. The molecule has 0 atom stereocenters. The van der Waals surface area contributed by atoms with E-state index in [1.54, 1.807) is 12.1 Å². The van der Waals surface area contributed by atoms with Crippen molar-refractivity contribution in [3.8, 4) is 11.5 Å². The fourth-order valence-corrected chi connectivity index (χ4v) is 2.39. The third-order valence-corrected chi connectivity index (χ3v) is 3.80. The molecule has 0 aromatic heterocycles. The first-order chi connectivity index (χ1) is 12.2. The van der Waals surface area contributed by atoms with E-state index < -0.39 is 42.4 Å². The summed E-state index contributed by atoms with van der Waals surface area (Å²) in [6, 6.07) is 3.97. The van der Waals surface area contributed by atoms with Crippen LogP contribution in [0.2, 0.25) is 0 Å². The minimum atomic E-state index is -1.08. The molecule has 1 heterocycles. The number of esters is 1. The van der Waals surface area contributed by atoms with E-state index in [1.165, 1.54) is 34.1 Å². The highest BCUT2D eigenvalue weighted by molar-refractivity contribution is 6.08. The number of amides is 3. The molecule has 0 aliphatic carbocycles. The van der Waals surface area contributed by atoms with Crippen molar-refractivity contribution in [2.24, 2.45) is 0 Å². The molecule has 1 aromatic rings. The molecule has 1 fully saturated rings. The number of imide groups is 1. The van der Waals surface area contributed by atoms with Crippen LogP contribution in [0.1, 0.15) is 24.2 Å². The summed E-state index contributed by atoms with van der Waals surface area (Å²) >= 11 is 0. The van der Waals surface area contributed by atoms with Crippen molar-refractivity contribution in [2.75, 3.05) is 27.4 Å². The van der Waals surface area contributed by atoms with Gasteiger partial charge in [-0.2, -0.15) is 0 Å². The van der Waals surface area contributed by atoms with Gasteiger partial charge in [-0.3, -0.25) is 19.3 Å². The summed E-state index contributed by atoms with van der Waals surface area (Å²) in [5, 5.41) is 2.45. The van der Waals surface area contributed by atoms with Gasteiger partial charge in [0.05, 0.1) is 19.8 Å². The fraction of sp³-hybridized carbons (Fsp3) is 0.412. The van der Waals surface area contributed by atoms with Gasteiger partial charge < -0.3 is 19.5 Å². The Bertz CT molecular complexity index is 757. The van der Waals surface area contributed by atoms with Gasteiger partial charge in [-0.1, -0.05) is 0 Å². The summed E-state index contributed by atoms with van der Waals surface area (Å²) in [5.74, 6) is -1.17. The maximum atomic E-state index is 12.3. The van der Waals surface area contributed by atoms with Crippen LogP contribution in [0.4, 0.5) is 4.79 Å². The highest BCUT2D eigenvalue weighted by Crippen LogP contribution is 2.24. The van der Waals surface area contributed by atoms with Gasteiger partial charge in [0.15, 0.2) is 6.61 Å². The number of hydrogen-bond donors (Lipinski definition) is 1. The van der Waals surface area contributed by atoms with Gasteiger partial charge in [0, 0.05) is 0 Å². The number of ketones is 1. The molecular formula is C17H20N2O7. The third kappa shape index (κ3) is 3.93. The lowest BCUT2D eigenvalue weighted by Crippen LogP contribution is -2.41. The molecule has 9 heteroatoms. The molecule has 1 aromatic carbocycles. The molecule has 0 bridgehead atoms. The zero-order chi connectivity index (χ0) is 19.5. The van der Waals surface area contributed by atoms with Gasteiger partial charge in [0.1, 0.15) is 23.6 Å². The number of ether oxygens (including phenoxy) is 3. The number of nitrogens with zero attached hydrogens (tertiary/aromatic N) is 1.